The van der Waals surface area contributed by atoms with Gasteiger partial charge in [-0.2, -0.15) is 0 Å². The van der Waals surface area contributed by atoms with Crippen LogP contribution in [0.15, 0.2) is 24.5 Å². The highest BCUT2D eigenvalue weighted by Crippen LogP contribution is 2.21. The molecule has 0 amide bonds. The fourth-order valence-electron chi connectivity index (χ4n) is 1.61. The summed E-state index contributed by atoms with van der Waals surface area (Å²) in [5.74, 6) is 0. The quantitative estimate of drug-likeness (QED) is 0.783. The summed E-state index contributed by atoms with van der Waals surface area (Å²) in [6.07, 6.45) is 5.37. The van der Waals surface area contributed by atoms with Crippen LogP contribution in [0.4, 0.5) is 0 Å². The summed E-state index contributed by atoms with van der Waals surface area (Å²) in [4.78, 5) is 4.13. The van der Waals surface area contributed by atoms with E-state index in [2.05, 4.69) is 9.71 Å². The number of nitrogens with one attached hydrogen (secondary N) is 1. The molecule has 0 radical (unpaired) electrons. The number of nitrogens with zero attached hydrogens (tertiary/aromatic N) is 1. The number of hydrogen-bond acceptors (Lipinski definition) is 3. The molecule has 2 unspecified atom stereocenters. The first kappa shape index (κ1) is 16.3. The Balaban J connectivity index is 2.73. The highest BCUT2D eigenvalue weighted by molar-refractivity contribution is 7.84. The lowest BCUT2D eigenvalue weighted by molar-refractivity contribution is 0.190. The maximum absolute atomic E-state index is 12.2. The second kappa shape index (κ2) is 7.72. The lowest BCUT2D eigenvalue weighted by Crippen LogP contribution is -2.35. The first-order valence-electron chi connectivity index (χ1n) is 6.52. The van der Waals surface area contributed by atoms with Gasteiger partial charge < -0.3 is 4.74 Å². The standard InChI is InChI=1S/C14H24N2O2S/c1-14(2,3)19(17)16-13(8-6-10-18-4)12-7-5-9-15-11-12/h5,7,9,11,13,16H,6,8,10H2,1-4H3. The van der Waals surface area contributed by atoms with Crippen LogP contribution in [0.3, 0.4) is 0 Å². The van der Waals surface area contributed by atoms with E-state index in [0.717, 1.165) is 18.4 Å². The minimum atomic E-state index is -1.09. The third kappa shape index (κ3) is 5.80. The van der Waals surface area contributed by atoms with Gasteiger partial charge in [0.1, 0.15) is 0 Å². The van der Waals surface area contributed by atoms with E-state index >= 15 is 0 Å². The molecule has 19 heavy (non-hydrogen) atoms. The van der Waals surface area contributed by atoms with E-state index in [1.54, 1.807) is 13.3 Å². The summed E-state index contributed by atoms with van der Waals surface area (Å²) in [5, 5.41) is 0. The molecular weight excluding hydrogens is 260 g/mol. The maximum Gasteiger partial charge on any atom is 0.0975 e. The zero-order valence-corrected chi connectivity index (χ0v) is 13.0. The number of aromatic nitrogens is 1. The third-order valence-corrected chi connectivity index (χ3v) is 4.34. The van der Waals surface area contributed by atoms with Gasteiger partial charge >= 0.3 is 0 Å². The minimum absolute atomic E-state index is 0.0453. The molecule has 0 bridgehead atoms. The Labute approximate surface area is 118 Å². The van der Waals surface area contributed by atoms with E-state index in [4.69, 9.17) is 4.74 Å². The smallest absolute Gasteiger partial charge is 0.0975 e. The molecule has 108 valence electrons. The van der Waals surface area contributed by atoms with E-state index in [9.17, 15) is 4.21 Å². The van der Waals surface area contributed by atoms with Crippen molar-refractivity contribution in [3.63, 3.8) is 0 Å². The largest absolute Gasteiger partial charge is 0.385 e. The number of hydrogen-bond donors (Lipinski definition) is 1. The second-order valence-electron chi connectivity index (χ2n) is 5.47. The van der Waals surface area contributed by atoms with Gasteiger partial charge in [-0.25, -0.2) is 8.93 Å². The van der Waals surface area contributed by atoms with Gasteiger partial charge in [-0.3, -0.25) is 4.98 Å². The van der Waals surface area contributed by atoms with Gasteiger partial charge in [0, 0.05) is 32.2 Å². The Morgan fingerprint density at radius 1 is 1.47 bits per heavy atom. The Morgan fingerprint density at radius 3 is 2.74 bits per heavy atom. The molecule has 0 saturated heterocycles. The highest BCUT2D eigenvalue weighted by atomic mass is 32.2. The average Bonchev–Trinajstić information content (AvgIpc) is 2.37. The molecule has 5 heteroatoms. The Kier molecular flexibility index (Phi) is 6.62. The van der Waals surface area contributed by atoms with Crippen LogP contribution >= 0.6 is 0 Å². The lowest BCUT2D eigenvalue weighted by Gasteiger charge is -2.24. The summed E-state index contributed by atoms with van der Waals surface area (Å²) >= 11 is 0. The maximum atomic E-state index is 12.2. The molecule has 1 heterocycles. The molecule has 0 spiro atoms. The summed E-state index contributed by atoms with van der Waals surface area (Å²) in [7, 11) is 0.602. The second-order valence-corrected chi connectivity index (χ2v) is 7.47. The molecule has 2 atom stereocenters. The van der Waals surface area contributed by atoms with Crippen molar-refractivity contribution < 1.29 is 8.95 Å². The van der Waals surface area contributed by atoms with Gasteiger partial charge in [-0.15, -0.1) is 0 Å². The molecule has 1 aromatic heterocycles. The van der Waals surface area contributed by atoms with Crippen molar-refractivity contribution in [2.75, 3.05) is 13.7 Å². The Hall–Kier alpha value is -0.780. The van der Waals surface area contributed by atoms with Gasteiger partial charge in [-0.05, 0) is 45.2 Å². The molecule has 0 saturated carbocycles. The van der Waals surface area contributed by atoms with Crippen LogP contribution in [-0.4, -0.2) is 27.7 Å². The summed E-state index contributed by atoms with van der Waals surface area (Å²) in [5.41, 5.74) is 1.07. The number of rotatable bonds is 7. The lowest BCUT2D eigenvalue weighted by atomic mass is 10.1. The number of pyridine rings is 1. The van der Waals surface area contributed by atoms with E-state index in [0.29, 0.717) is 6.61 Å². The predicted octanol–water partition coefficient (Wildman–Crippen LogP) is 2.60. The van der Waals surface area contributed by atoms with Crippen LogP contribution in [0.25, 0.3) is 0 Å². The fraction of sp³-hybridized carbons (Fsp3) is 0.643. The normalized spacial score (nSPS) is 15.2. The van der Waals surface area contributed by atoms with Crippen molar-refractivity contribution >= 4 is 11.0 Å². The van der Waals surface area contributed by atoms with Crippen LogP contribution in [-0.2, 0) is 15.7 Å². The monoisotopic (exact) mass is 284 g/mol. The summed E-state index contributed by atoms with van der Waals surface area (Å²) in [6.45, 7) is 6.60. The van der Waals surface area contributed by atoms with Crippen molar-refractivity contribution in [1.29, 1.82) is 0 Å². The van der Waals surface area contributed by atoms with E-state index in [1.807, 2.05) is 39.1 Å². The molecule has 1 aromatic rings. The molecule has 0 aliphatic rings. The number of methoxy groups -OCH3 is 1. The molecule has 0 aromatic carbocycles. The summed E-state index contributed by atoms with van der Waals surface area (Å²) < 4.78 is 20.2. The fourth-order valence-corrected chi connectivity index (χ4v) is 2.48. The molecule has 4 nitrogen and oxygen atoms in total. The Bertz CT molecular complexity index is 390. The van der Waals surface area contributed by atoms with Crippen LogP contribution in [0.5, 0.6) is 0 Å². The van der Waals surface area contributed by atoms with Gasteiger partial charge in [0.2, 0.25) is 0 Å². The van der Waals surface area contributed by atoms with Crippen LogP contribution in [0, 0.1) is 0 Å². The first-order valence-corrected chi connectivity index (χ1v) is 7.67. The zero-order valence-electron chi connectivity index (χ0n) is 12.2. The SMILES string of the molecule is COCCCC(NS(=O)C(C)(C)C)c1cccnc1. The third-order valence-electron chi connectivity index (χ3n) is 2.73. The topological polar surface area (TPSA) is 51.2 Å². The van der Waals surface area contributed by atoms with E-state index in [1.165, 1.54) is 0 Å². The van der Waals surface area contributed by atoms with E-state index < -0.39 is 11.0 Å². The predicted molar refractivity (Wildman–Crippen MR) is 79.1 cm³/mol. The van der Waals surface area contributed by atoms with E-state index in [-0.39, 0.29) is 10.8 Å². The van der Waals surface area contributed by atoms with Crippen molar-refractivity contribution in [3.05, 3.63) is 30.1 Å². The Morgan fingerprint density at radius 2 is 2.21 bits per heavy atom. The van der Waals surface area contributed by atoms with Crippen LogP contribution in [0.2, 0.25) is 0 Å². The average molecular weight is 284 g/mol. The molecule has 0 aliphatic carbocycles. The van der Waals surface area contributed by atoms with Crippen molar-refractivity contribution in [2.45, 2.75) is 44.4 Å². The zero-order chi connectivity index (χ0) is 14.3. The molecule has 1 rings (SSSR count). The molecule has 0 fully saturated rings. The highest BCUT2D eigenvalue weighted by Gasteiger charge is 2.23. The summed E-state index contributed by atoms with van der Waals surface area (Å²) in [6, 6.07) is 3.96. The van der Waals surface area contributed by atoms with Crippen LogP contribution < -0.4 is 4.72 Å². The first-order chi connectivity index (χ1) is 8.95. The van der Waals surface area contributed by atoms with Crippen LogP contribution in [0.1, 0.15) is 45.2 Å². The molecule has 1 N–H and O–H groups in total. The van der Waals surface area contributed by atoms with Gasteiger partial charge in [-0.1, -0.05) is 6.07 Å². The molecule has 0 aliphatic heterocycles. The van der Waals surface area contributed by atoms with Crippen molar-refractivity contribution in [2.24, 2.45) is 0 Å². The van der Waals surface area contributed by atoms with Gasteiger partial charge in [0.15, 0.2) is 0 Å². The van der Waals surface area contributed by atoms with Gasteiger partial charge in [0.25, 0.3) is 0 Å². The van der Waals surface area contributed by atoms with Crippen molar-refractivity contribution in [3.8, 4) is 0 Å². The minimum Gasteiger partial charge on any atom is -0.385 e. The van der Waals surface area contributed by atoms with Gasteiger partial charge in [0.05, 0.1) is 15.7 Å². The number of ether oxygens (including phenoxy) is 1. The molecular formula is C14H24N2O2S. The van der Waals surface area contributed by atoms with Crippen molar-refractivity contribution in [1.82, 2.24) is 9.71 Å².